The lowest BCUT2D eigenvalue weighted by Crippen LogP contribution is -2.46. The van der Waals surface area contributed by atoms with Gasteiger partial charge in [0.15, 0.2) is 0 Å². The average Bonchev–Trinajstić information content (AvgIpc) is 2.69. The van der Waals surface area contributed by atoms with Crippen LogP contribution in [-0.4, -0.2) is 29.9 Å². The van der Waals surface area contributed by atoms with Crippen LogP contribution in [0.15, 0.2) is 18.2 Å². The molecule has 2 aliphatic rings. The van der Waals surface area contributed by atoms with Gasteiger partial charge in [-0.25, -0.2) is 4.39 Å². The van der Waals surface area contributed by atoms with Gasteiger partial charge in [-0.15, -0.1) is 0 Å². The highest BCUT2D eigenvalue weighted by Crippen LogP contribution is 2.28. The van der Waals surface area contributed by atoms with Crippen LogP contribution in [0.25, 0.3) is 0 Å². The fourth-order valence-electron chi connectivity index (χ4n) is 2.73. The molecule has 1 fully saturated rings. The van der Waals surface area contributed by atoms with E-state index in [-0.39, 0.29) is 17.5 Å². The van der Waals surface area contributed by atoms with E-state index in [4.69, 9.17) is 0 Å². The van der Waals surface area contributed by atoms with Crippen LogP contribution in [0.4, 0.5) is 4.39 Å². The van der Waals surface area contributed by atoms with Crippen molar-refractivity contribution in [2.75, 3.05) is 13.1 Å². The summed E-state index contributed by atoms with van der Waals surface area (Å²) in [7, 11) is 0. The van der Waals surface area contributed by atoms with Gasteiger partial charge in [0, 0.05) is 19.1 Å². The molecule has 1 unspecified atom stereocenters. The molecular formula is C13H15FN2O. The second-order valence-electron chi connectivity index (χ2n) is 4.71. The molecule has 1 aromatic rings. The molecule has 1 saturated heterocycles. The van der Waals surface area contributed by atoms with E-state index < -0.39 is 5.82 Å². The smallest absolute Gasteiger partial charge is 0.257 e. The predicted octanol–water partition coefficient (Wildman–Crippen LogP) is 1.53. The van der Waals surface area contributed by atoms with Crippen molar-refractivity contribution >= 4 is 5.91 Å². The van der Waals surface area contributed by atoms with Gasteiger partial charge in [0.1, 0.15) is 5.82 Å². The molecule has 0 spiro atoms. The van der Waals surface area contributed by atoms with E-state index >= 15 is 0 Å². The number of piperidine rings is 1. The third-order valence-electron chi connectivity index (χ3n) is 3.63. The van der Waals surface area contributed by atoms with Gasteiger partial charge in [0.05, 0.1) is 5.56 Å². The second kappa shape index (κ2) is 4.11. The highest BCUT2D eigenvalue weighted by Gasteiger charge is 2.34. The molecule has 1 aromatic carbocycles. The van der Waals surface area contributed by atoms with Crippen LogP contribution in [0.1, 0.15) is 28.8 Å². The van der Waals surface area contributed by atoms with Crippen LogP contribution in [0.5, 0.6) is 0 Å². The Kier molecular flexibility index (Phi) is 2.59. The molecule has 0 aliphatic carbocycles. The fraction of sp³-hybridized carbons (Fsp3) is 0.462. The van der Waals surface area contributed by atoms with E-state index in [9.17, 15) is 9.18 Å². The van der Waals surface area contributed by atoms with E-state index in [1.807, 2.05) is 6.07 Å². The lowest BCUT2D eigenvalue weighted by Gasteiger charge is -2.31. The number of carbonyl (C=O) groups is 1. The number of hydrogen-bond donors (Lipinski definition) is 1. The molecule has 3 rings (SSSR count). The molecule has 1 N–H and O–H groups in total. The quantitative estimate of drug-likeness (QED) is 0.799. The Morgan fingerprint density at radius 3 is 3.00 bits per heavy atom. The molecule has 1 atom stereocenters. The van der Waals surface area contributed by atoms with Gasteiger partial charge in [-0.3, -0.25) is 4.79 Å². The third-order valence-corrected chi connectivity index (χ3v) is 3.63. The number of nitrogens with one attached hydrogen (secondary N) is 1. The predicted molar refractivity (Wildman–Crippen MR) is 62.2 cm³/mol. The van der Waals surface area contributed by atoms with Gasteiger partial charge in [-0.05, 0) is 31.0 Å². The summed E-state index contributed by atoms with van der Waals surface area (Å²) in [6.45, 7) is 2.39. The monoisotopic (exact) mass is 234 g/mol. The molecule has 4 heteroatoms. The Bertz CT molecular complexity index is 455. The molecule has 2 heterocycles. The highest BCUT2D eigenvalue weighted by atomic mass is 19.1. The summed E-state index contributed by atoms with van der Waals surface area (Å²) < 4.78 is 13.6. The van der Waals surface area contributed by atoms with Gasteiger partial charge < -0.3 is 10.2 Å². The minimum absolute atomic E-state index is 0.146. The maximum absolute atomic E-state index is 13.6. The minimum Gasteiger partial charge on any atom is -0.330 e. The van der Waals surface area contributed by atoms with Crippen molar-refractivity contribution in [3.05, 3.63) is 35.1 Å². The summed E-state index contributed by atoms with van der Waals surface area (Å²) in [6.07, 6.45) is 2.08. The first kappa shape index (κ1) is 10.7. The first-order chi connectivity index (χ1) is 8.27. The average molecular weight is 234 g/mol. The first-order valence-corrected chi connectivity index (χ1v) is 6.06. The van der Waals surface area contributed by atoms with E-state index in [0.717, 1.165) is 31.5 Å². The number of carbonyl (C=O) groups excluding carboxylic acids is 1. The van der Waals surface area contributed by atoms with Gasteiger partial charge in [-0.1, -0.05) is 12.1 Å². The number of hydrogen-bond acceptors (Lipinski definition) is 2. The van der Waals surface area contributed by atoms with Gasteiger partial charge >= 0.3 is 0 Å². The Labute approximate surface area is 99.6 Å². The summed E-state index contributed by atoms with van der Waals surface area (Å²) in [4.78, 5) is 14.0. The maximum Gasteiger partial charge on any atom is 0.257 e. The van der Waals surface area contributed by atoms with Crippen molar-refractivity contribution in [3.8, 4) is 0 Å². The van der Waals surface area contributed by atoms with Crippen LogP contribution >= 0.6 is 0 Å². The Balaban J connectivity index is 1.88. The number of nitrogens with zero attached hydrogens (tertiary/aromatic N) is 1. The largest absolute Gasteiger partial charge is 0.330 e. The third kappa shape index (κ3) is 1.72. The first-order valence-electron chi connectivity index (χ1n) is 6.06. The lowest BCUT2D eigenvalue weighted by molar-refractivity contribution is 0.0671. The standard InChI is InChI=1S/C13H15FN2O/c14-11-5-1-3-9-8-16(13(17)12(9)11)10-4-2-6-15-7-10/h1,3,5,10,15H,2,4,6-8H2. The number of rotatable bonds is 1. The highest BCUT2D eigenvalue weighted by molar-refractivity contribution is 5.98. The van der Waals surface area contributed by atoms with Crippen LogP contribution in [0.3, 0.4) is 0 Å². The number of fused-ring (bicyclic) bond motifs is 1. The van der Waals surface area contributed by atoms with E-state index in [0.29, 0.717) is 6.54 Å². The fourth-order valence-corrected chi connectivity index (χ4v) is 2.73. The maximum atomic E-state index is 13.6. The second-order valence-corrected chi connectivity index (χ2v) is 4.71. The molecule has 3 nitrogen and oxygen atoms in total. The van der Waals surface area contributed by atoms with Crippen LogP contribution in [-0.2, 0) is 6.54 Å². The molecule has 0 aromatic heterocycles. The lowest BCUT2D eigenvalue weighted by atomic mass is 10.1. The van der Waals surface area contributed by atoms with Crippen LogP contribution < -0.4 is 5.32 Å². The van der Waals surface area contributed by atoms with Crippen molar-refractivity contribution in [1.29, 1.82) is 0 Å². The molecule has 1 amide bonds. The van der Waals surface area contributed by atoms with Crippen LogP contribution in [0, 0.1) is 5.82 Å². The molecule has 2 aliphatic heterocycles. The number of amides is 1. The number of benzene rings is 1. The minimum atomic E-state index is -0.390. The van der Waals surface area contributed by atoms with Crippen molar-refractivity contribution < 1.29 is 9.18 Å². The molecule has 0 saturated carbocycles. The topological polar surface area (TPSA) is 32.3 Å². The van der Waals surface area contributed by atoms with Crippen molar-refractivity contribution in [3.63, 3.8) is 0 Å². The summed E-state index contributed by atoms with van der Waals surface area (Å²) in [6, 6.07) is 5.08. The van der Waals surface area contributed by atoms with E-state index in [1.165, 1.54) is 6.07 Å². The summed E-state index contributed by atoms with van der Waals surface area (Å²) in [5.74, 6) is -0.537. The van der Waals surface area contributed by atoms with Crippen molar-refractivity contribution in [2.24, 2.45) is 0 Å². The SMILES string of the molecule is O=C1c2c(F)cccc2CN1C1CCCNC1. The zero-order chi connectivity index (χ0) is 11.8. The van der Waals surface area contributed by atoms with Crippen LogP contribution in [0.2, 0.25) is 0 Å². The normalized spacial score (nSPS) is 23.9. The number of halogens is 1. The Morgan fingerprint density at radius 2 is 2.29 bits per heavy atom. The van der Waals surface area contributed by atoms with Gasteiger partial charge in [-0.2, -0.15) is 0 Å². The zero-order valence-corrected chi connectivity index (χ0v) is 9.58. The van der Waals surface area contributed by atoms with Gasteiger partial charge in [0.2, 0.25) is 0 Å². The van der Waals surface area contributed by atoms with E-state index in [1.54, 1.807) is 11.0 Å². The summed E-state index contributed by atoms with van der Waals surface area (Å²) >= 11 is 0. The van der Waals surface area contributed by atoms with Crippen molar-refractivity contribution in [2.45, 2.75) is 25.4 Å². The molecule has 0 bridgehead atoms. The molecule has 0 radical (unpaired) electrons. The Hall–Kier alpha value is -1.42. The zero-order valence-electron chi connectivity index (χ0n) is 9.58. The van der Waals surface area contributed by atoms with Crippen molar-refractivity contribution in [1.82, 2.24) is 10.2 Å². The molecular weight excluding hydrogens is 219 g/mol. The summed E-state index contributed by atoms with van der Waals surface area (Å²) in [5, 5.41) is 3.29. The van der Waals surface area contributed by atoms with E-state index in [2.05, 4.69) is 5.32 Å². The van der Waals surface area contributed by atoms with Gasteiger partial charge in [0.25, 0.3) is 5.91 Å². The molecule has 90 valence electrons. The summed E-state index contributed by atoms with van der Waals surface area (Å²) in [5.41, 5.74) is 1.10. The molecule has 17 heavy (non-hydrogen) atoms. The Morgan fingerprint density at radius 1 is 1.41 bits per heavy atom.